The van der Waals surface area contributed by atoms with E-state index in [9.17, 15) is 9.59 Å². The lowest BCUT2D eigenvalue weighted by molar-refractivity contribution is -0.132. The first-order valence-corrected chi connectivity index (χ1v) is 8.92. The van der Waals surface area contributed by atoms with Crippen LogP contribution in [0.5, 0.6) is 0 Å². The number of fused-ring (bicyclic) bond motifs is 1. The number of nitrogens with two attached hydrogens (primary N) is 1. The molecule has 25 heavy (non-hydrogen) atoms. The van der Waals surface area contributed by atoms with Crippen molar-refractivity contribution in [1.82, 2.24) is 9.80 Å². The molecule has 1 atom stereocenters. The summed E-state index contributed by atoms with van der Waals surface area (Å²) >= 11 is 0. The molecule has 0 bridgehead atoms. The van der Waals surface area contributed by atoms with E-state index >= 15 is 0 Å². The maximum Gasteiger partial charge on any atom is 0.254 e. The van der Waals surface area contributed by atoms with Gasteiger partial charge < -0.3 is 20.4 Å². The number of hydrogen-bond donors (Lipinski definition) is 1. The average Bonchev–Trinajstić information content (AvgIpc) is 2.89. The van der Waals surface area contributed by atoms with Crippen LogP contribution in [0.25, 0.3) is 0 Å². The van der Waals surface area contributed by atoms with Crippen LogP contribution >= 0.6 is 0 Å². The lowest BCUT2D eigenvalue weighted by Crippen LogP contribution is -2.60. The number of anilines is 1. The molecule has 3 aliphatic heterocycles. The number of benzene rings is 1. The second-order valence-electron chi connectivity index (χ2n) is 7.22. The van der Waals surface area contributed by atoms with Gasteiger partial charge in [0.1, 0.15) is 0 Å². The van der Waals surface area contributed by atoms with Gasteiger partial charge in [-0.15, -0.1) is 0 Å². The smallest absolute Gasteiger partial charge is 0.254 e. The van der Waals surface area contributed by atoms with Gasteiger partial charge in [0, 0.05) is 50.0 Å². The molecule has 6 heteroatoms. The van der Waals surface area contributed by atoms with Crippen molar-refractivity contribution < 1.29 is 9.59 Å². The van der Waals surface area contributed by atoms with Crippen LogP contribution in [0.4, 0.5) is 5.69 Å². The van der Waals surface area contributed by atoms with E-state index in [1.165, 1.54) is 6.08 Å². The fourth-order valence-corrected chi connectivity index (χ4v) is 4.01. The zero-order chi connectivity index (χ0) is 17.6. The van der Waals surface area contributed by atoms with Crippen LogP contribution in [0.1, 0.15) is 28.8 Å². The van der Waals surface area contributed by atoms with E-state index in [4.69, 9.17) is 5.73 Å². The summed E-state index contributed by atoms with van der Waals surface area (Å²) in [4.78, 5) is 30.3. The van der Waals surface area contributed by atoms with Crippen molar-refractivity contribution in [3.8, 4) is 0 Å². The maximum atomic E-state index is 12.8. The van der Waals surface area contributed by atoms with Crippen LogP contribution < -0.4 is 10.6 Å². The standard InChI is InChI=1S/C19H24N4O2/c1-2-18(24)22-11-16(12-22)23-9-13-5-6-15(8-17(13)19(23)25)21-7-3-4-14(20)10-21/h2,5-6,8,14,16H,1,3-4,7,9-12,20H2. The molecule has 3 aliphatic rings. The minimum Gasteiger partial charge on any atom is -0.370 e. The van der Waals surface area contributed by atoms with Crippen molar-refractivity contribution in [3.05, 3.63) is 42.0 Å². The van der Waals surface area contributed by atoms with Gasteiger partial charge in [-0.2, -0.15) is 0 Å². The van der Waals surface area contributed by atoms with E-state index in [1.807, 2.05) is 11.0 Å². The molecular weight excluding hydrogens is 316 g/mol. The Labute approximate surface area is 147 Å². The highest BCUT2D eigenvalue weighted by Gasteiger charge is 2.40. The highest BCUT2D eigenvalue weighted by atomic mass is 16.2. The summed E-state index contributed by atoms with van der Waals surface area (Å²) < 4.78 is 0. The van der Waals surface area contributed by atoms with E-state index in [1.54, 1.807) is 4.90 Å². The van der Waals surface area contributed by atoms with Crippen molar-refractivity contribution in [2.24, 2.45) is 5.73 Å². The van der Waals surface area contributed by atoms with Crippen molar-refractivity contribution in [3.63, 3.8) is 0 Å². The van der Waals surface area contributed by atoms with Gasteiger partial charge in [0.25, 0.3) is 5.91 Å². The summed E-state index contributed by atoms with van der Waals surface area (Å²) in [5, 5.41) is 0. The minimum atomic E-state index is -0.0656. The molecule has 4 rings (SSSR count). The Morgan fingerprint density at radius 3 is 2.80 bits per heavy atom. The molecule has 132 valence electrons. The first-order chi connectivity index (χ1) is 12.1. The lowest BCUT2D eigenvalue weighted by Gasteiger charge is -2.43. The second-order valence-corrected chi connectivity index (χ2v) is 7.22. The lowest BCUT2D eigenvalue weighted by atomic mass is 10.0. The van der Waals surface area contributed by atoms with Gasteiger partial charge in [0.15, 0.2) is 0 Å². The topological polar surface area (TPSA) is 69.9 Å². The average molecular weight is 340 g/mol. The van der Waals surface area contributed by atoms with Crippen LogP contribution in [0.15, 0.2) is 30.9 Å². The molecule has 2 N–H and O–H groups in total. The largest absolute Gasteiger partial charge is 0.370 e. The Bertz CT molecular complexity index is 726. The van der Waals surface area contributed by atoms with Crippen molar-refractivity contribution in [2.75, 3.05) is 31.1 Å². The molecule has 0 aromatic heterocycles. The molecule has 2 amide bonds. The van der Waals surface area contributed by atoms with E-state index < -0.39 is 0 Å². The molecule has 3 heterocycles. The van der Waals surface area contributed by atoms with Gasteiger partial charge in [-0.25, -0.2) is 0 Å². The van der Waals surface area contributed by atoms with Crippen LogP contribution in [0, 0.1) is 0 Å². The van der Waals surface area contributed by atoms with E-state index in [0.717, 1.165) is 42.7 Å². The number of amides is 2. The Hall–Kier alpha value is -2.34. The van der Waals surface area contributed by atoms with Crippen molar-refractivity contribution in [1.29, 1.82) is 0 Å². The summed E-state index contributed by atoms with van der Waals surface area (Å²) in [6.07, 6.45) is 3.48. The molecule has 2 fully saturated rings. The molecule has 0 aliphatic carbocycles. The number of likely N-dealkylation sites (tertiary alicyclic amines) is 1. The molecular formula is C19H24N4O2. The third-order valence-electron chi connectivity index (χ3n) is 5.54. The highest BCUT2D eigenvalue weighted by molar-refractivity contribution is 5.99. The van der Waals surface area contributed by atoms with Gasteiger partial charge in [-0.05, 0) is 36.6 Å². The molecule has 0 saturated carbocycles. The van der Waals surface area contributed by atoms with E-state index in [0.29, 0.717) is 19.6 Å². The number of hydrogen-bond acceptors (Lipinski definition) is 4. The molecule has 2 saturated heterocycles. The molecule has 1 aromatic carbocycles. The van der Waals surface area contributed by atoms with Crippen LogP contribution in [0.3, 0.4) is 0 Å². The zero-order valence-electron chi connectivity index (χ0n) is 14.4. The first kappa shape index (κ1) is 16.1. The van der Waals surface area contributed by atoms with Crippen LogP contribution in [-0.4, -0.2) is 59.9 Å². The third-order valence-corrected chi connectivity index (χ3v) is 5.54. The van der Waals surface area contributed by atoms with Crippen molar-refractivity contribution >= 4 is 17.5 Å². The number of carbonyl (C=O) groups excluding carboxylic acids is 2. The second kappa shape index (κ2) is 6.19. The van der Waals surface area contributed by atoms with Gasteiger partial charge in [0.05, 0.1) is 6.04 Å². The molecule has 0 radical (unpaired) electrons. The quantitative estimate of drug-likeness (QED) is 0.833. The summed E-state index contributed by atoms with van der Waals surface area (Å²) in [5.74, 6) is 0.0120. The minimum absolute atomic E-state index is 0.0656. The summed E-state index contributed by atoms with van der Waals surface area (Å²) in [6.45, 7) is 7.17. The fourth-order valence-electron chi connectivity index (χ4n) is 4.01. The molecule has 1 unspecified atom stereocenters. The predicted molar refractivity (Wildman–Crippen MR) is 96.3 cm³/mol. The number of rotatable bonds is 3. The Morgan fingerprint density at radius 1 is 1.28 bits per heavy atom. The number of piperidine rings is 1. The SMILES string of the molecule is C=CC(=O)N1CC(N2Cc3ccc(N4CCCC(N)C4)cc3C2=O)C1. The first-order valence-electron chi connectivity index (χ1n) is 8.92. The Balaban J connectivity index is 1.47. The monoisotopic (exact) mass is 340 g/mol. The van der Waals surface area contributed by atoms with Gasteiger partial charge in [0.2, 0.25) is 5.91 Å². The Morgan fingerprint density at radius 2 is 2.08 bits per heavy atom. The summed E-state index contributed by atoms with van der Waals surface area (Å²) in [7, 11) is 0. The maximum absolute atomic E-state index is 12.8. The number of nitrogens with zero attached hydrogens (tertiary/aromatic N) is 3. The van der Waals surface area contributed by atoms with E-state index in [2.05, 4.69) is 23.6 Å². The van der Waals surface area contributed by atoms with Gasteiger partial charge >= 0.3 is 0 Å². The molecule has 1 aromatic rings. The fraction of sp³-hybridized carbons (Fsp3) is 0.474. The Kier molecular flexibility index (Phi) is 4.00. The third kappa shape index (κ3) is 2.80. The van der Waals surface area contributed by atoms with Crippen LogP contribution in [-0.2, 0) is 11.3 Å². The van der Waals surface area contributed by atoms with Gasteiger partial charge in [-0.3, -0.25) is 9.59 Å². The van der Waals surface area contributed by atoms with Crippen LogP contribution in [0.2, 0.25) is 0 Å². The predicted octanol–water partition coefficient (Wildman–Crippen LogP) is 0.967. The highest BCUT2D eigenvalue weighted by Crippen LogP contribution is 2.31. The normalized spacial score (nSPS) is 23.5. The summed E-state index contributed by atoms with van der Waals surface area (Å²) in [5.41, 5.74) is 9.04. The number of carbonyl (C=O) groups is 2. The summed E-state index contributed by atoms with van der Waals surface area (Å²) in [6, 6.07) is 6.49. The van der Waals surface area contributed by atoms with E-state index in [-0.39, 0.29) is 23.9 Å². The zero-order valence-corrected chi connectivity index (χ0v) is 14.4. The molecule has 6 nitrogen and oxygen atoms in total. The van der Waals surface area contributed by atoms with Crippen molar-refractivity contribution in [2.45, 2.75) is 31.5 Å². The molecule has 0 spiro atoms. The van der Waals surface area contributed by atoms with Gasteiger partial charge in [-0.1, -0.05) is 12.6 Å².